The summed E-state index contributed by atoms with van der Waals surface area (Å²) < 4.78 is 6.92. The second-order valence-electron chi connectivity index (χ2n) is 3.94. The van der Waals surface area contributed by atoms with E-state index in [2.05, 4.69) is 15.8 Å². The van der Waals surface area contributed by atoms with Gasteiger partial charge in [-0.3, -0.25) is 0 Å². The molecule has 1 atom stereocenters. The van der Waals surface area contributed by atoms with Gasteiger partial charge in [-0.15, -0.1) is 0 Å². The normalized spacial score (nSPS) is 20.2. The van der Waals surface area contributed by atoms with E-state index in [4.69, 9.17) is 10.3 Å². The highest BCUT2D eigenvalue weighted by molar-refractivity contribution is 5.35. The zero-order valence-electron chi connectivity index (χ0n) is 8.39. The van der Waals surface area contributed by atoms with Crippen LogP contribution in [0.15, 0.2) is 29.1 Å². The van der Waals surface area contributed by atoms with Gasteiger partial charge in [0.2, 0.25) is 0 Å². The van der Waals surface area contributed by atoms with Gasteiger partial charge in [-0.05, 0) is 30.9 Å². The van der Waals surface area contributed by atoms with E-state index in [1.807, 2.05) is 12.3 Å². The van der Waals surface area contributed by atoms with Crippen LogP contribution in [0.25, 0.3) is 5.82 Å². The van der Waals surface area contributed by atoms with E-state index in [0.29, 0.717) is 0 Å². The quantitative estimate of drug-likeness (QED) is 0.768. The summed E-state index contributed by atoms with van der Waals surface area (Å²) in [6.07, 6.45) is 6.91. The molecule has 0 spiro atoms. The van der Waals surface area contributed by atoms with Gasteiger partial charge in [-0.25, -0.2) is 0 Å². The predicted molar refractivity (Wildman–Crippen MR) is 55.7 cm³/mol. The fourth-order valence-corrected chi connectivity index (χ4v) is 2.27. The lowest BCUT2D eigenvalue weighted by molar-refractivity contribution is 0.415. The van der Waals surface area contributed by atoms with Crippen LogP contribution in [0.3, 0.4) is 0 Å². The van der Waals surface area contributed by atoms with Crippen LogP contribution in [0.4, 0.5) is 0 Å². The molecule has 1 unspecified atom stereocenters. The van der Waals surface area contributed by atoms with Gasteiger partial charge in [-0.2, -0.15) is 0 Å². The van der Waals surface area contributed by atoms with Gasteiger partial charge in [0, 0.05) is 24.0 Å². The molecular weight excluding hydrogens is 190 g/mol. The Morgan fingerprint density at radius 3 is 3.20 bits per heavy atom. The fraction of sp³-hybridized carbons (Fsp3) is 0.364. The Kier molecular flexibility index (Phi) is 1.89. The zero-order chi connectivity index (χ0) is 10.3. The highest BCUT2D eigenvalue weighted by atomic mass is 16.5. The summed E-state index contributed by atoms with van der Waals surface area (Å²) in [7, 11) is 0. The van der Waals surface area contributed by atoms with Gasteiger partial charge in [-0.1, -0.05) is 5.16 Å². The third-order valence-electron chi connectivity index (χ3n) is 3.03. The zero-order valence-corrected chi connectivity index (χ0v) is 8.39. The molecule has 15 heavy (non-hydrogen) atoms. The highest BCUT2D eigenvalue weighted by Gasteiger charge is 2.21. The van der Waals surface area contributed by atoms with Crippen LogP contribution >= 0.6 is 0 Å². The maximum Gasteiger partial charge on any atom is 0.180 e. The molecule has 4 nitrogen and oxygen atoms in total. The van der Waals surface area contributed by atoms with E-state index >= 15 is 0 Å². The van der Waals surface area contributed by atoms with Gasteiger partial charge < -0.3 is 14.8 Å². The minimum Gasteiger partial charge on any atom is -0.363 e. The lowest BCUT2D eigenvalue weighted by Gasteiger charge is -2.19. The molecule has 4 heteroatoms. The molecule has 2 aromatic heterocycles. The third-order valence-corrected chi connectivity index (χ3v) is 3.03. The molecule has 0 saturated heterocycles. The smallest absolute Gasteiger partial charge is 0.180 e. The van der Waals surface area contributed by atoms with E-state index in [1.165, 1.54) is 11.3 Å². The summed E-state index contributed by atoms with van der Waals surface area (Å²) >= 11 is 0. The number of rotatable bonds is 1. The van der Waals surface area contributed by atoms with Gasteiger partial charge in [0.05, 0.1) is 0 Å². The van der Waals surface area contributed by atoms with Gasteiger partial charge in [0.25, 0.3) is 0 Å². The fourth-order valence-electron chi connectivity index (χ4n) is 2.27. The van der Waals surface area contributed by atoms with Crippen LogP contribution in [-0.2, 0) is 6.42 Å². The van der Waals surface area contributed by atoms with Crippen molar-refractivity contribution in [1.29, 1.82) is 0 Å². The summed E-state index contributed by atoms with van der Waals surface area (Å²) in [6, 6.07) is 4.13. The van der Waals surface area contributed by atoms with Crippen molar-refractivity contribution < 1.29 is 4.52 Å². The minimum absolute atomic E-state index is 0.182. The Morgan fingerprint density at radius 2 is 2.40 bits per heavy atom. The van der Waals surface area contributed by atoms with Crippen molar-refractivity contribution in [2.24, 2.45) is 5.73 Å². The standard InChI is InChI=1S/C11H13N3O/c12-9-2-1-3-10-8(9)4-6-14(10)11-5-7-15-13-11/h4-7,9H,1-3,12H2. The van der Waals surface area contributed by atoms with Crippen molar-refractivity contribution >= 4 is 0 Å². The van der Waals surface area contributed by atoms with Gasteiger partial charge >= 0.3 is 0 Å². The minimum atomic E-state index is 0.182. The van der Waals surface area contributed by atoms with Crippen LogP contribution < -0.4 is 5.73 Å². The second kappa shape index (κ2) is 3.24. The SMILES string of the molecule is NC1CCCc2c1ccn2-c1ccon1. The summed E-state index contributed by atoms with van der Waals surface area (Å²) in [5, 5.41) is 3.94. The molecule has 0 amide bonds. The first-order valence-electron chi connectivity index (χ1n) is 5.23. The van der Waals surface area contributed by atoms with Crippen molar-refractivity contribution in [3.8, 4) is 5.82 Å². The molecule has 2 N–H and O–H groups in total. The Balaban J connectivity index is 2.11. The summed E-state index contributed by atoms with van der Waals surface area (Å²) in [5.41, 5.74) is 8.59. The average molecular weight is 203 g/mol. The average Bonchev–Trinajstić information content (AvgIpc) is 2.85. The van der Waals surface area contributed by atoms with E-state index in [9.17, 15) is 0 Å². The van der Waals surface area contributed by atoms with E-state index < -0.39 is 0 Å². The molecule has 0 bridgehead atoms. The number of hydrogen-bond donors (Lipinski definition) is 1. The Morgan fingerprint density at radius 1 is 1.47 bits per heavy atom. The summed E-state index contributed by atoms with van der Waals surface area (Å²) in [6.45, 7) is 0. The van der Waals surface area contributed by atoms with Crippen LogP contribution in [-0.4, -0.2) is 9.72 Å². The molecule has 0 radical (unpaired) electrons. The van der Waals surface area contributed by atoms with Crippen molar-refractivity contribution in [3.05, 3.63) is 35.9 Å². The number of nitrogens with zero attached hydrogens (tertiary/aromatic N) is 2. The number of aromatic nitrogens is 2. The molecule has 0 fully saturated rings. The van der Waals surface area contributed by atoms with Crippen LogP contribution in [0.2, 0.25) is 0 Å². The first-order valence-corrected chi connectivity index (χ1v) is 5.23. The molecule has 0 saturated carbocycles. The molecule has 0 aromatic carbocycles. The highest BCUT2D eigenvalue weighted by Crippen LogP contribution is 2.30. The second-order valence-corrected chi connectivity index (χ2v) is 3.94. The molecule has 0 aliphatic heterocycles. The number of fused-ring (bicyclic) bond motifs is 1. The topological polar surface area (TPSA) is 57.0 Å². The Labute approximate surface area is 87.7 Å². The van der Waals surface area contributed by atoms with Gasteiger partial charge in [0.1, 0.15) is 6.26 Å². The molecule has 3 rings (SSSR count). The van der Waals surface area contributed by atoms with Crippen molar-refractivity contribution in [2.45, 2.75) is 25.3 Å². The largest absolute Gasteiger partial charge is 0.363 e. The van der Waals surface area contributed by atoms with Crippen molar-refractivity contribution in [1.82, 2.24) is 9.72 Å². The third kappa shape index (κ3) is 1.29. The molecule has 2 aromatic rings. The van der Waals surface area contributed by atoms with Gasteiger partial charge in [0.15, 0.2) is 5.82 Å². The molecule has 1 aliphatic rings. The van der Waals surface area contributed by atoms with Crippen molar-refractivity contribution in [3.63, 3.8) is 0 Å². The molecule has 2 heterocycles. The summed E-state index contributed by atoms with van der Waals surface area (Å²) in [4.78, 5) is 0. The van der Waals surface area contributed by atoms with Crippen LogP contribution in [0.1, 0.15) is 30.1 Å². The Hall–Kier alpha value is -1.55. The monoisotopic (exact) mass is 203 g/mol. The number of nitrogens with two attached hydrogens (primary N) is 1. The van der Waals surface area contributed by atoms with E-state index in [0.717, 1.165) is 25.1 Å². The Bertz CT molecular complexity index is 458. The van der Waals surface area contributed by atoms with Crippen LogP contribution in [0.5, 0.6) is 0 Å². The molecule has 78 valence electrons. The first-order chi connectivity index (χ1) is 7.36. The first kappa shape index (κ1) is 8.73. The maximum atomic E-state index is 6.06. The predicted octanol–water partition coefficient (Wildman–Crippen LogP) is 1.80. The maximum absolute atomic E-state index is 6.06. The van der Waals surface area contributed by atoms with E-state index in [-0.39, 0.29) is 6.04 Å². The molecular formula is C11H13N3O. The van der Waals surface area contributed by atoms with Crippen molar-refractivity contribution in [2.75, 3.05) is 0 Å². The summed E-state index contributed by atoms with van der Waals surface area (Å²) in [5.74, 6) is 0.838. The van der Waals surface area contributed by atoms with E-state index in [1.54, 1.807) is 6.26 Å². The number of hydrogen-bond acceptors (Lipinski definition) is 3. The molecule has 1 aliphatic carbocycles. The lowest BCUT2D eigenvalue weighted by atomic mass is 9.94. The lowest BCUT2D eigenvalue weighted by Crippen LogP contribution is -2.17. The van der Waals surface area contributed by atoms with Crippen LogP contribution in [0, 0.1) is 0 Å².